The molecule has 0 saturated carbocycles. The van der Waals surface area contributed by atoms with E-state index in [2.05, 4.69) is 14.9 Å². The van der Waals surface area contributed by atoms with Crippen molar-refractivity contribution in [3.63, 3.8) is 0 Å². The standard InChI is InChI=1S/C23H31ClFN5O4/c1-23(2,3)30(22(32)33)14-15-13-28(9-10-29(15)20(31)11-24)8-7-16-17(25)12-26-18-5-6-19(34-4)27-21(16)18/h5-6,12,15H,7-11,13-14H2,1-4H3,(H,32,33). The van der Waals surface area contributed by atoms with Gasteiger partial charge in [0.25, 0.3) is 0 Å². The Labute approximate surface area is 203 Å². The molecule has 34 heavy (non-hydrogen) atoms. The van der Waals surface area contributed by atoms with E-state index in [0.717, 1.165) is 0 Å². The number of halogens is 2. The van der Waals surface area contributed by atoms with Gasteiger partial charge in [0.15, 0.2) is 0 Å². The lowest BCUT2D eigenvalue weighted by molar-refractivity contribution is -0.134. The van der Waals surface area contributed by atoms with Crippen LogP contribution in [0.3, 0.4) is 0 Å². The predicted octanol–water partition coefficient (Wildman–Crippen LogP) is 2.85. The lowest BCUT2D eigenvalue weighted by atomic mass is 10.0. The fourth-order valence-electron chi connectivity index (χ4n) is 4.23. The maximum atomic E-state index is 14.7. The van der Waals surface area contributed by atoms with Gasteiger partial charge in [0.2, 0.25) is 11.8 Å². The summed E-state index contributed by atoms with van der Waals surface area (Å²) in [5, 5.41) is 9.73. The third kappa shape index (κ3) is 5.85. The van der Waals surface area contributed by atoms with Crippen molar-refractivity contribution >= 4 is 34.6 Å². The van der Waals surface area contributed by atoms with Crippen molar-refractivity contribution < 1.29 is 23.8 Å². The van der Waals surface area contributed by atoms with Gasteiger partial charge in [0.1, 0.15) is 11.7 Å². The van der Waals surface area contributed by atoms with Crippen LogP contribution in [-0.2, 0) is 11.2 Å². The van der Waals surface area contributed by atoms with Gasteiger partial charge < -0.3 is 19.6 Å². The zero-order valence-corrected chi connectivity index (χ0v) is 20.7. The van der Waals surface area contributed by atoms with Gasteiger partial charge in [0, 0.05) is 49.9 Å². The van der Waals surface area contributed by atoms with E-state index in [0.29, 0.717) is 55.1 Å². The second kappa shape index (κ2) is 10.7. The molecular weight excluding hydrogens is 465 g/mol. The van der Waals surface area contributed by atoms with Gasteiger partial charge >= 0.3 is 6.09 Å². The van der Waals surface area contributed by atoms with Gasteiger partial charge in [-0.25, -0.2) is 14.2 Å². The summed E-state index contributed by atoms with van der Waals surface area (Å²) in [5.41, 5.74) is 0.848. The average molecular weight is 496 g/mol. The number of aromatic nitrogens is 2. The van der Waals surface area contributed by atoms with Crippen molar-refractivity contribution in [3.8, 4) is 5.88 Å². The third-order valence-electron chi connectivity index (χ3n) is 6.06. The van der Waals surface area contributed by atoms with E-state index in [-0.39, 0.29) is 24.4 Å². The average Bonchev–Trinajstić information content (AvgIpc) is 2.80. The summed E-state index contributed by atoms with van der Waals surface area (Å²) in [6.07, 6.45) is 0.524. The molecule has 1 aliphatic heterocycles. The number of alkyl halides is 1. The number of ether oxygens (including phenoxy) is 1. The molecule has 3 heterocycles. The summed E-state index contributed by atoms with van der Waals surface area (Å²) in [7, 11) is 1.50. The highest BCUT2D eigenvalue weighted by molar-refractivity contribution is 6.27. The minimum atomic E-state index is -1.05. The van der Waals surface area contributed by atoms with Crippen LogP contribution >= 0.6 is 11.6 Å². The maximum Gasteiger partial charge on any atom is 0.407 e. The van der Waals surface area contributed by atoms with Crippen LogP contribution in [0.4, 0.5) is 9.18 Å². The van der Waals surface area contributed by atoms with Crippen LogP contribution < -0.4 is 4.74 Å². The number of hydrogen-bond donors (Lipinski definition) is 1. The number of pyridine rings is 2. The number of hydrogen-bond acceptors (Lipinski definition) is 6. The number of piperazine rings is 1. The van der Waals surface area contributed by atoms with Crippen molar-refractivity contribution in [2.75, 3.05) is 45.7 Å². The molecule has 1 saturated heterocycles. The topological polar surface area (TPSA) is 99.1 Å². The van der Waals surface area contributed by atoms with Gasteiger partial charge in [-0.05, 0) is 33.3 Å². The molecule has 0 aliphatic carbocycles. The Morgan fingerprint density at radius 1 is 1.32 bits per heavy atom. The molecule has 1 aliphatic rings. The van der Waals surface area contributed by atoms with Gasteiger partial charge in [-0.2, -0.15) is 0 Å². The first-order valence-electron chi connectivity index (χ1n) is 11.1. The zero-order valence-electron chi connectivity index (χ0n) is 19.9. The third-order valence-corrected chi connectivity index (χ3v) is 6.29. The highest BCUT2D eigenvalue weighted by Crippen LogP contribution is 2.23. The maximum absolute atomic E-state index is 14.7. The molecule has 3 rings (SSSR count). The molecule has 1 unspecified atom stereocenters. The summed E-state index contributed by atoms with van der Waals surface area (Å²) in [5.74, 6) is -0.454. The number of methoxy groups -OCH3 is 1. The van der Waals surface area contributed by atoms with E-state index < -0.39 is 17.4 Å². The number of rotatable bonds is 7. The first kappa shape index (κ1) is 25.9. The van der Waals surface area contributed by atoms with E-state index >= 15 is 0 Å². The van der Waals surface area contributed by atoms with Crippen LogP contribution in [0.5, 0.6) is 5.88 Å². The van der Waals surface area contributed by atoms with Gasteiger partial charge in [-0.3, -0.25) is 14.7 Å². The quantitative estimate of drug-likeness (QED) is 0.589. The second-order valence-corrected chi connectivity index (χ2v) is 9.56. The van der Waals surface area contributed by atoms with Crippen LogP contribution in [-0.4, -0.2) is 99.1 Å². The van der Waals surface area contributed by atoms with E-state index in [4.69, 9.17) is 16.3 Å². The predicted molar refractivity (Wildman–Crippen MR) is 127 cm³/mol. The fourth-order valence-corrected chi connectivity index (χ4v) is 4.39. The van der Waals surface area contributed by atoms with Crippen LogP contribution in [0.1, 0.15) is 26.3 Å². The van der Waals surface area contributed by atoms with Crippen molar-refractivity contribution in [1.82, 2.24) is 24.7 Å². The van der Waals surface area contributed by atoms with E-state index in [1.165, 1.54) is 18.2 Å². The Hall–Kier alpha value is -2.72. The number of fused-ring (bicyclic) bond motifs is 1. The minimum Gasteiger partial charge on any atom is -0.481 e. The fraction of sp³-hybridized carbons (Fsp3) is 0.565. The van der Waals surface area contributed by atoms with E-state index in [1.807, 2.05) is 20.8 Å². The summed E-state index contributed by atoms with van der Waals surface area (Å²) in [6, 6.07) is 3.05. The molecule has 0 spiro atoms. The summed E-state index contributed by atoms with van der Waals surface area (Å²) in [4.78, 5) is 37.9. The Bertz CT molecular complexity index is 1050. The number of carboxylic acid groups (broad SMARTS) is 1. The van der Waals surface area contributed by atoms with Crippen LogP contribution in [0.2, 0.25) is 0 Å². The van der Waals surface area contributed by atoms with Gasteiger partial charge in [0.05, 0.1) is 30.4 Å². The molecule has 2 aromatic heterocycles. The summed E-state index contributed by atoms with van der Waals surface area (Å²) < 4.78 is 19.9. The van der Waals surface area contributed by atoms with Crippen LogP contribution in [0.15, 0.2) is 18.3 Å². The molecule has 2 amide bonds. The Morgan fingerprint density at radius 2 is 2.06 bits per heavy atom. The Kier molecular flexibility index (Phi) is 8.14. The molecule has 0 radical (unpaired) electrons. The highest BCUT2D eigenvalue weighted by atomic mass is 35.5. The molecule has 11 heteroatoms. The van der Waals surface area contributed by atoms with Gasteiger partial charge in [-0.15, -0.1) is 11.6 Å². The van der Waals surface area contributed by atoms with Crippen molar-refractivity contribution in [3.05, 3.63) is 29.7 Å². The minimum absolute atomic E-state index is 0.156. The van der Waals surface area contributed by atoms with E-state index in [1.54, 1.807) is 17.0 Å². The SMILES string of the molecule is COc1ccc2ncc(F)c(CCN3CCN(C(=O)CCl)C(CN(C(=O)O)C(C)(C)C)C3)c2n1. The van der Waals surface area contributed by atoms with Crippen LogP contribution in [0.25, 0.3) is 11.0 Å². The molecule has 0 bridgehead atoms. The Balaban J connectivity index is 1.79. The highest BCUT2D eigenvalue weighted by Gasteiger charge is 2.35. The number of carbonyl (C=O) groups is 2. The molecule has 0 aromatic carbocycles. The van der Waals surface area contributed by atoms with Crippen LogP contribution in [0, 0.1) is 5.82 Å². The van der Waals surface area contributed by atoms with E-state index in [9.17, 15) is 19.1 Å². The first-order valence-corrected chi connectivity index (χ1v) is 11.6. The molecule has 1 fully saturated rings. The molecular formula is C23H31ClFN5O4. The Morgan fingerprint density at radius 3 is 2.68 bits per heavy atom. The summed E-state index contributed by atoms with van der Waals surface area (Å²) >= 11 is 5.82. The first-order chi connectivity index (χ1) is 16.0. The molecule has 9 nitrogen and oxygen atoms in total. The largest absolute Gasteiger partial charge is 0.481 e. The molecule has 1 atom stereocenters. The van der Waals surface area contributed by atoms with Crippen molar-refractivity contribution in [1.29, 1.82) is 0 Å². The van der Waals surface area contributed by atoms with Crippen molar-refractivity contribution in [2.24, 2.45) is 0 Å². The number of carbonyl (C=O) groups excluding carboxylic acids is 1. The monoisotopic (exact) mass is 495 g/mol. The normalized spacial score (nSPS) is 17.1. The lowest BCUT2D eigenvalue weighted by Gasteiger charge is -2.45. The lowest BCUT2D eigenvalue weighted by Crippen LogP contribution is -2.61. The molecule has 1 N–H and O–H groups in total. The summed E-state index contributed by atoms with van der Waals surface area (Å²) in [6.45, 7) is 7.54. The van der Waals surface area contributed by atoms with Gasteiger partial charge in [-0.1, -0.05) is 0 Å². The van der Waals surface area contributed by atoms with Crippen molar-refractivity contribution in [2.45, 2.75) is 38.8 Å². The molecule has 186 valence electrons. The number of amides is 2. The smallest absolute Gasteiger partial charge is 0.407 e. The number of nitrogens with zero attached hydrogens (tertiary/aromatic N) is 5. The molecule has 2 aromatic rings. The zero-order chi connectivity index (χ0) is 25.0. The second-order valence-electron chi connectivity index (χ2n) is 9.30.